The quantitative estimate of drug-likeness (QED) is 0.735. The second kappa shape index (κ2) is 5.68. The number of rotatable bonds is 4. The third-order valence-corrected chi connectivity index (χ3v) is 3.16. The molecule has 0 radical (unpaired) electrons. The molecular weight excluding hydrogens is 316 g/mol. The average molecular weight is 329 g/mol. The van der Waals surface area contributed by atoms with Crippen LogP contribution in [0.25, 0.3) is 10.9 Å². The predicted molar refractivity (Wildman–Crippen MR) is 71.4 cm³/mol. The number of halogens is 1. The van der Waals surface area contributed by atoms with E-state index in [1.807, 2.05) is 0 Å². The second-order valence-corrected chi connectivity index (χ2v) is 4.86. The Kier molecular flexibility index (Phi) is 4.18. The van der Waals surface area contributed by atoms with Crippen LogP contribution in [-0.4, -0.2) is 39.1 Å². The van der Waals surface area contributed by atoms with Crippen molar-refractivity contribution in [1.29, 1.82) is 0 Å². The summed E-state index contributed by atoms with van der Waals surface area (Å²) in [5.74, 6) is -0.866. The highest BCUT2D eigenvalue weighted by Crippen LogP contribution is 2.26. The predicted octanol–water partition coefficient (Wildman–Crippen LogP) is 1.28. The van der Waals surface area contributed by atoms with Gasteiger partial charge in [-0.05, 0) is 25.1 Å². The Morgan fingerprint density at radius 3 is 2.95 bits per heavy atom. The molecule has 2 aromatic rings. The maximum absolute atomic E-state index is 11.4. The zero-order chi connectivity index (χ0) is 14.0. The topological polar surface area (TPSA) is 95.4 Å². The van der Waals surface area contributed by atoms with Crippen LogP contribution in [0.15, 0.2) is 22.7 Å². The maximum atomic E-state index is 11.4. The fourth-order valence-corrected chi connectivity index (χ4v) is 2.09. The number of aliphatic hydroxyl groups excluding tert-OH is 2. The molecule has 7 heteroatoms. The van der Waals surface area contributed by atoms with Gasteiger partial charge in [-0.15, -0.1) is 0 Å². The van der Waals surface area contributed by atoms with Crippen molar-refractivity contribution in [1.82, 2.24) is 10.2 Å². The zero-order valence-corrected chi connectivity index (χ0v) is 11.7. The van der Waals surface area contributed by atoms with E-state index in [0.29, 0.717) is 10.9 Å². The van der Waals surface area contributed by atoms with E-state index in [-0.39, 0.29) is 12.3 Å². The summed E-state index contributed by atoms with van der Waals surface area (Å²) < 4.78 is 5.51. The Morgan fingerprint density at radius 1 is 1.53 bits per heavy atom. The van der Waals surface area contributed by atoms with Gasteiger partial charge in [0.15, 0.2) is 6.10 Å². The van der Waals surface area contributed by atoms with Gasteiger partial charge in [0.25, 0.3) is 0 Å². The van der Waals surface area contributed by atoms with Crippen molar-refractivity contribution in [3.63, 3.8) is 0 Å². The van der Waals surface area contributed by atoms with Gasteiger partial charge in [0.2, 0.25) is 0 Å². The van der Waals surface area contributed by atoms with E-state index in [9.17, 15) is 15.0 Å². The summed E-state index contributed by atoms with van der Waals surface area (Å²) in [6, 6.07) is 5.28. The second-order valence-electron chi connectivity index (χ2n) is 3.94. The molecule has 3 N–H and O–H groups in total. The fraction of sp³-hybridized carbons (Fsp3) is 0.333. The number of hydrogen-bond donors (Lipinski definition) is 3. The van der Waals surface area contributed by atoms with Crippen LogP contribution in [0.1, 0.15) is 18.7 Å². The van der Waals surface area contributed by atoms with Gasteiger partial charge in [-0.3, -0.25) is 5.10 Å². The highest BCUT2D eigenvalue weighted by molar-refractivity contribution is 9.10. The van der Waals surface area contributed by atoms with Crippen molar-refractivity contribution in [2.24, 2.45) is 0 Å². The van der Waals surface area contributed by atoms with Crippen LogP contribution in [0.4, 0.5) is 0 Å². The number of carbonyl (C=O) groups excluding carboxylic acids is 1. The van der Waals surface area contributed by atoms with Crippen LogP contribution >= 0.6 is 15.9 Å². The Bertz CT molecular complexity index is 598. The largest absolute Gasteiger partial charge is 0.464 e. The van der Waals surface area contributed by atoms with Gasteiger partial charge in [0.05, 0.1) is 17.8 Å². The van der Waals surface area contributed by atoms with E-state index in [0.717, 1.165) is 4.47 Å². The van der Waals surface area contributed by atoms with Crippen LogP contribution in [0.3, 0.4) is 0 Å². The van der Waals surface area contributed by atoms with E-state index in [1.54, 1.807) is 25.1 Å². The minimum atomic E-state index is -1.65. The summed E-state index contributed by atoms with van der Waals surface area (Å²) in [6.07, 6.45) is -3.06. The highest BCUT2D eigenvalue weighted by atomic mass is 79.9. The van der Waals surface area contributed by atoms with Crippen molar-refractivity contribution >= 4 is 32.8 Å². The molecule has 0 spiro atoms. The lowest BCUT2D eigenvalue weighted by atomic mass is 10.1. The first-order valence-corrected chi connectivity index (χ1v) is 6.50. The summed E-state index contributed by atoms with van der Waals surface area (Å²) in [7, 11) is 0. The molecule has 0 saturated carbocycles. The molecule has 0 amide bonds. The Balaban J connectivity index is 2.31. The normalized spacial score (nSPS) is 14.3. The molecule has 0 aliphatic heterocycles. The molecular formula is C12H13BrN2O4. The van der Waals surface area contributed by atoms with E-state index < -0.39 is 18.2 Å². The molecule has 0 saturated heterocycles. The molecule has 0 aliphatic carbocycles. The number of aromatic nitrogens is 2. The van der Waals surface area contributed by atoms with Gasteiger partial charge < -0.3 is 14.9 Å². The summed E-state index contributed by atoms with van der Waals surface area (Å²) >= 11 is 3.31. The van der Waals surface area contributed by atoms with Gasteiger partial charge in [0, 0.05) is 9.86 Å². The molecule has 2 unspecified atom stereocenters. The van der Waals surface area contributed by atoms with Crippen molar-refractivity contribution in [3.05, 3.63) is 28.4 Å². The molecule has 1 aromatic heterocycles. The molecule has 0 fully saturated rings. The number of hydrogen-bond acceptors (Lipinski definition) is 5. The molecule has 2 rings (SSSR count). The van der Waals surface area contributed by atoms with Crippen LogP contribution < -0.4 is 0 Å². The lowest BCUT2D eigenvalue weighted by Crippen LogP contribution is -2.30. The van der Waals surface area contributed by atoms with E-state index in [2.05, 4.69) is 30.9 Å². The number of carbonyl (C=O) groups is 1. The van der Waals surface area contributed by atoms with E-state index >= 15 is 0 Å². The highest BCUT2D eigenvalue weighted by Gasteiger charge is 2.29. The lowest BCUT2D eigenvalue weighted by Gasteiger charge is -2.15. The molecule has 19 heavy (non-hydrogen) atoms. The lowest BCUT2D eigenvalue weighted by molar-refractivity contribution is -0.159. The molecule has 6 nitrogen and oxygen atoms in total. The minimum Gasteiger partial charge on any atom is -0.464 e. The van der Waals surface area contributed by atoms with E-state index in [1.165, 1.54) is 0 Å². The summed E-state index contributed by atoms with van der Waals surface area (Å²) in [4.78, 5) is 11.4. The van der Waals surface area contributed by atoms with Crippen LogP contribution in [-0.2, 0) is 9.53 Å². The zero-order valence-electron chi connectivity index (χ0n) is 10.1. The van der Waals surface area contributed by atoms with Crippen LogP contribution in [0.2, 0.25) is 0 Å². The molecule has 102 valence electrons. The van der Waals surface area contributed by atoms with Gasteiger partial charge >= 0.3 is 5.97 Å². The smallest absolute Gasteiger partial charge is 0.338 e. The number of nitrogens with zero attached hydrogens (tertiary/aromatic N) is 1. The van der Waals surface area contributed by atoms with Crippen molar-refractivity contribution < 1.29 is 19.7 Å². The first kappa shape index (κ1) is 14.0. The van der Waals surface area contributed by atoms with Gasteiger partial charge in [-0.2, -0.15) is 5.10 Å². The van der Waals surface area contributed by atoms with Crippen molar-refractivity contribution in [3.8, 4) is 0 Å². The van der Waals surface area contributed by atoms with Crippen molar-refractivity contribution in [2.75, 3.05) is 6.61 Å². The van der Waals surface area contributed by atoms with Gasteiger partial charge in [-0.1, -0.05) is 15.9 Å². The Labute approximate surface area is 117 Å². The summed E-state index contributed by atoms with van der Waals surface area (Å²) in [5.41, 5.74) is 0.905. The van der Waals surface area contributed by atoms with E-state index in [4.69, 9.17) is 0 Å². The third-order valence-electron chi connectivity index (χ3n) is 2.67. The molecule has 1 aromatic carbocycles. The number of aromatic amines is 1. The van der Waals surface area contributed by atoms with Crippen LogP contribution in [0, 0.1) is 0 Å². The molecule has 0 bridgehead atoms. The van der Waals surface area contributed by atoms with Crippen molar-refractivity contribution in [2.45, 2.75) is 19.1 Å². The third kappa shape index (κ3) is 2.78. The van der Waals surface area contributed by atoms with Gasteiger partial charge in [0.1, 0.15) is 6.10 Å². The maximum Gasteiger partial charge on any atom is 0.338 e. The molecule has 2 atom stereocenters. The molecule has 0 aliphatic rings. The Hall–Kier alpha value is -1.44. The summed E-state index contributed by atoms with van der Waals surface area (Å²) in [6.45, 7) is 1.76. The first-order valence-electron chi connectivity index (χ1n) is 5.71. The number of ether oxygens (including phenoxy) is 1. The fourth-order valence-electron chi connectivity index (χ4n) is 1.75. The number of H-pyrrole nitrogens is 1. The first-order chi connectivity index (χ1) is 9.04. The molecule has 1 heterocycles. The number of fused-ring (bicyclic) bond motifs is 1. The monoisotopic (exact) mass is 328 g/mol. The number of aliphatic hydroxyl groups is 2. The SMILES string of the molecule is CCOC(=O)C(O)C(O)c1[nH]nc2cc(Br)ccc12. The summed E-state index contributed by atoms with van der Waals surface area (Å²) in [5, 5.41) is 27.0. The standard InChI is InChI=1S/C12H13BrN2O4/c1-2-19-12(18)11(17)10(16)9-7-4-3-6(13)5-8(7)14-15-9/h3-5,10-11,16-17H,2H2,1H3,(H,14,15). The number of esters is 1. The minimum absolute atomic E-state index is 0.138. The average Bonchev–Trinajstić information content (AvgIpc) is 2.80. The number of benzene rings is 1. The van der Waals surface area contributed by atoms with Crippen LogP contribution in [0.5, 0.6) is 0 Å². The van der Waals surface area contributed by atoms with Gasteiger partial charge in [-0.25, -0.2) is 4.79 Å². The Morgan fingerprint density at radius 2 is 2.26 bits per heavy atom. The number of nitrogens with one attached hydrogen (secondary N) is 1.